The van der Waals surface area contributed by atoms with Crippen molar-refractivity contribution < 1.29 is 9.18 Å². The van der Waals surface area contributed by atoms with Crippen molar-refractivity contribution in [2.24, 2.45) is 5.84 Å². The van der Waals surface area contributed by atoms with Gasteiger partial charge in [0.05, 0.1) is 11.3 Å². The Bertz CT molecular complexity index is 603. The third-order valence-corrected chi connectivity index (χ3v) is 2.84. The molecule has 0 spiro atoms. The average Bonchev–Trinajstić information content (AvgIpc) is 2.43. The first-order valence-electron chi connectivity index (χ1n) is 5.29. The van der Waals surface area contributed by atoms with Gasteiger partial charge in [-0.05, 0) is 30.3 Å². The first-order valence-corrected chi connectivity index (χ1v) is 6.08. The molecule has 1 heterocycles. The van der Waals surface area contributed by atoms with Crippen LogP contribution in [0, 0.1) is 5.82 Å². The number of hydrogen-bond donors (Lipinski definition) is 3. The SMILES string of the molecule is NNc1ccc(C(=O)Nc2cc(Br)ccc2F)cn1. The molecule has 1 aromatic carbocycles. The van der Waals surface area contributed by atoms with Crippen LogP contribution in [0.5, 0.6) is 0 Å². The number of nitrogen functional groups attached to an aromatic ring is 1. The van der Waals surface area contributed by atoms with Crippen LogP contribution in [0.2, 0.25) is 0 Å². The number of pyridine rings is 1. The van der Waals surface area contributed by atoms with Crippen LogP contribution in [0.25, 0.3) is 0 Å². The molecule has 2 rings (SSSR count). The minimum Gasteiger partial charge on any atom is -0.319 e. The number of carbonyl (C=O) groups excluding carboxylic acids is 1. The zero-order valence-corrected chi connectivity index (χ0v) is 11.2. The van der Waals surface area contributed by atoms with Crippen molar-refractivity contribution in [2.45, 2.75) is 0 Å². The number of halogens is 2. The normalized spacial score (nSPS) is 10.1. The summed E-state index contributed by atoms with van der Waals surface area (Å²) < 4.78 is 14.2. The smallest absolute Gasteiger partial charge is 0.257 e. The van der Waals surface area contributed by atoms with E-state index in [4.69, 9.17) is 5.84 Å². The highest BCUT2D eigenvalue weighted by molar-refractivity contribution is 9.10. The molecule has 98 valence electrons. The van der Waals surface area contributed by atoms with Gasteiger partial charge in [0.15, 0.2) is 0 Å². The van der Waals surface area contributed by atoms with E-state index in [-0.39, 0.29) is 5.69 Å². The van der Waals surface area contributed by atoms with Crippen LogP contribution in [-0.2, 0) is 0 Å². The van der Waals surface area contributed by atoms with Gasteiger partial charge in [0.25, 0.3) is 5.91 Å². The van der Waals surface area contributed by atoms with Crippen LogP contribution in [0.1, 0.15) is 10.4 Å². The van der Waals surface area contributed by atoms with Gasteiger partial charge in [-0.15, -0.1) is 0 Å². The molecule has 0 bridgehead atoms. The molecular weight excluding hydrogens is 315 g/mol. The van der Waals surface area contributed by atoms with Crippen LogP contribution < -0.4 is 16.6 Å². The number of carbonyl (C=O) groups is 1. The van der Waals surface area contributed by atoms with E-state index in [0.717, 1.165) is 0 Å². The van der Waals surface area contributed by atoms with Gasteiger partial charge >= 0.3 is 0 Å². The third kappa shape index (κ3) is 3.27. The summed E-state index contributed by atoms with van der Waals surface area (Å²) in [6.07, 6.45) is 1.35. The summed E-state index contributed by atoms with van der Waals surface area (Å²) in [7, 11) is 0. The maximum absolute atomic E-state index is 13.5. The van der Waals surface area contributed by atoms with Gasteiger partial charge in [-0.25, -0.2) is 15.2 Å². The quantitative estimate of drug-likeness (QED) is 0.598. The number of hydrogen-bond acceptors (Lipinski definition) is 4. The van der Waals surface area contributed by atoms with Gasteiger partial charge in [0.2, 0.25) is 0 Å². The standard InChI is InChI=1S/C12H10BrFN4O/c13-8-2-3-9(14)10(5-8)17-12(19)7-1-4-11(18-15)16-6-7/h1-6H,15H2,(H,16,18)(H,17,19). The molecule has 0 saturated carbocycles. The van der Waals surface area contributed by atoms with Crippen molar-refractivity contribution in [2.75, 3.05) is 10.7 Å². The van der Waals surface area contributed by atoms with Gasteiger partial charge in [-0.2, -0.15) is 0 Å². The monoisotopic (exact) mass is 324 g/mol. The van der Waals surface area contributed by atoms with E-state index in [1.807, 2.05) is 0 Å². The summed E-state index contributed by atoms with van der Waals surface area (Å²) in [5, 5.41) is 2.47. The predicted molar refractivity (Wildman–Crippen MR) is 74.1 cm³/mol. The first kappa shape index (κ1) is 13.4. The number of nitrogens with two attached hydrogens (primary N) is 1. The number of anilines is 2. The summed E-state index contributed by atoms with van der Waals surface area (Å²) in [5.74, 6) is 4.64. The van der Waals surface area contributed by atoms with Crippen LogP contribution in [0.15, 0.2) is 41.0 Å². The van der Waals surface area contributed by atoms with Gasteiger partial charge in [-0.1, -0.05) is 15.9 Å². The molecule has 4 N–H and O–H groups in total. The molecule has 0 unspecified atom stereocenters. The number of amides is 1. The summed E-state index contributed by atoms with van der Waals surface area (Å²) in [6, 6.07) is 7.38. The lowest BCUT2D eigenvalue weighted by Gasteiger charge is -2.07. The van der Waals surface area contributed by atoms with Crippen molar-refractivity contribution in [1.29, 1.82) is 0 Å². The highest BCUT2D eigenvalue weighted by Crippen LogP contribution is 2.20. The fraction of sp³-hybridized carbons (Fsp3) is 0. The van der Waals surface area contributed by atoms with Gasteiger partial charge in [0, 0.05) is 10.7 Å². The Kier molecular flexibility index (Phi) is 4.08. The molecule has 7 heteroatoms. The third-order valence-electron chi connectivity index (χ3n) is 2.35. The largest absolute Gasteiger partial charge is 0.319 e. The highest BCUT2D eigenvalue weighted by Gasteiger charge is 2.10. The lowest BCUT2D eigenvalue weighted by atomic mass is 10.2. The molecule has 1 aromatic heterocycles. The first-order chi connectivity index (χ1) is 9.10. The lowest BCUT2D eigenvalue weighted by molar-refractivity contribution is 0.102. The Labute approximate surface area is 117 Å². The number of aromatic nitrogens is 1. The molecule has 1 amide bonds. The second-order valence-corrected chi connectivity index (χ2v) is 4.57. The van der Waals surface area contributed by atoms with Gasteiger partial charge in [-0.3, -0.25) is 4.79 Å². The van der Waals surface area contributed by atoms with E-state index in [1.54, 1.807) is 12.1 Å². The van der Waals surface area contributed by atoms with Gasteiger partial charge < -0.3 is 10.7 Å². The Balaban J connectivity index is 2.18. The van der Waals surface area contributed by atoms with Crippen LogP contribution >= 0.6 is 15.9 Å². The zero-order chi connectivity index (χ0) is 13.8. The van der Waals surface area contributed by atoms with E-state index in [9.17, 15) is 9.18 Å². The molecule has 5 nitrogen and oxygen atoms in total. The molecule has 0 fully saturated rings. The van der Waals surface area contributed by atoms with E-state index in [0.29, 0.717) is 15.9 Å². The fourth-order valence-corrected chi connectivity index (χ4v) is 1.76. The average molecular weight is 325 g/mol. The van der Waals surface area contributed by atoms with Crippen molar-refractivity contribution in [1.82, 2.24) is 4.98 Å². The second kappa shape index (κ2) is 5.77. The van der Waals surface area contributed by atoms with Crippen LogP contribution in [-0.4, -0.2) is 10.9 Å². The Morgan fingerprint density at radius 1 is 1.32 bits per heavy atom. The molecule has 0 atom stereocenters. The van der Waals surface area contributed by atoms with E-state index in [2.05, 4.69) is 31.7 Å². The number of nitrogens with zero attached hydrogens (tertiary/aromatic N) is 1. The number of benzene rings is 1. The molecule has 0 radical (unpaired) electrons. The number of rotatable bonds is 3. The fourth-order valence-electron chi connectivity index (χ4n) is 1.40. The van der Waals surface area contributed by atoms with Crippen LogP contribution in [0.3, 0.4) is 0 Å². The van der Waals surface area contributed by atoms with Crippen molar-refractivity contribution in [3.05, 3.63) is 52.4 Å². The summed E-state index contributed by atoms with van der Waals surface area (Å²) >= 11 is 3.21. The molecule has 19 heavy (non-hydrogen) atoms. The Morgan fingerprint density at radius 2 is 2.11 bits per heavy atom. The van der Waals surface area contributed by atoms with Crippen molar-refractivity contribution >= 4 is 33.3 Å². The van der Waals surface area contributed by atoms with E-state index < -0.39 is 11.7 Å². The van der Waals surface area contributed by atoms with E-state index >= 15 is 0 Å². The minimum atomic E-state index is -0.509. The van der Waals surface area contributed by atoms with E-state index in [1.165, 1.54) is 24.4 Å². The molecule has 0 aliphatic carbocycles. The molecule has 0 aliphatic rings. The topological polar surface area (TPSA) is 80.0 Å². The molecular formula is C12H10BrFN4O. The summed E-state index contributed by atoms with van der Waals surface area (Å²) in [6.45, 7) is 0. The summed E-state index contributed by atoms with van der Waals surface area (Å²) in [5.41, 5.74) is 2.75. The van der Waals surface area contributed by atoms with Gasteiger partial charge in [0.1, 0.15) is 11.6 Å². The van der Waals surface area contributed by atoms with Crippen molar-refractivity contribution in [3.8, 4) is 0 Å². The highest BCUT2D eigenvalue weighted by atomic mass is 79.9. The molecule has 2 aromatic rings. The zero-order valence-electron chi connectivity index (χ0n) is 9.65. The maximum Gasteiger partial charge on any atom is 0.257 e. The predicted octanol–water partition coefficient (Wildman–Crippen LogP) is 2.52. The van der Waals surface area contributed by atoms with Crippen molar-refractivity contribution in [3.63, 3.8) is 0 Å². The second-order valence-electron chi connectivity index (χ2n) is 3.65. The molecule has 0 aliphatic heterocycles. The Hall–Kier alpha value is -1.99. The number of hydrazine groups is 1. The molecule has 0 saturated heterocycles. The Morgan fingerprint density at radius 3 is 2.74 bits per heavy atom. The lowest BCUT2D eigenvalue weighted by Crippen LogP contribution is -2.14. The number of nitrogens with one attached hydrogen (secondary N) is 2. The maximum atomic E-state index is 13.5. The van der Waals surface area contributed by atoms with Crippen LogP contribution in [0.4, 0.5) is 15.9 Å². The summed E-state index contributed by atoms with van der Waals surface area (Å²) in [4.78, 5) is 15.8. The minimum absolute atomic E-state index is 0.0976.